The first kappa shape index (κ1) is 20.8. The summed E-state index contributed by atoms with van der Waals surface area (Å²) < 4.78 is 13.2. The minimum atomic E-state index is -0.798. The monoisotopic (exact) mass is 424 g/mol. The Kier molecular flexibility index (Phi) is 6.11. The van der Waals surface area contributed by atoms with Gasteiger partial charge in [0, 0.05) is 37.8 Å². The van der Waals surface area contributed by atoms with E-state index < -0.39 is 17.8 Å². The highest BCUT2D eigenvalue weighted by Gasteiger charge is 2.35. The Morgan fingerprint density at radius 3 is 2.58 bits per heavy atom. The number of carbonyl (C=O) groups is 2. The third-order valence-corrected chi connectivity index (χ3v) is 5.55. The molecule has 1 fully saturated rings. The maximum Gasteiger partial charge on any atom is 0.267 e. The summed E-state index contributed by atoms with van der Waals surface area (Å²) in [6.45, 7) is 2.21. The van der Waals surface area contributed by atoms with Crippen molar-refractivity contribution in [1.82, 2.24) is 10.3 Å². The Morgan fingerprint density at radius 1 is 1.13 bits per heavy atom. The molecule has 2 aliphatic rings. The summed E-state index contributed by atoms with van der Waals surface area (Å²) in [5, 5.41) is 8.56. The van der Waals surface area contributed by atoms with Crippen molar-refractivity contribution >= 4 is 29.0 Å². The van der Waals surface area contributed by atoms with Gasteiger partial charge in [-0.1, -0.05) is 6.07 Å². The molecule has 0 radical (unpaired) electrons. The van der Waals surface area contributed by atoms with Crippen molar-refractivity contribution in [3.8, 4) is 0 Å². The van der Waals surface area contributed by atoms with Crippen molar-refractivity contribution < 1.29 is 14.0 Å². The van der Waals surface area contributed by atoms with Gasteiger partial charge in [0.05, 0.1) is 5.69 Å². The van der Waals surface area contributed by atoms with Crippen LogP contribution in [0.4, 0.5) is 15.9 Å². The van der Waals surface area contributed by atoms with Crippen LogP contribution in [0.5, 0.6) is 0 Å². The minimum Gasteiger partial charge on any atom is -0.368 e. The third kappa shape index (κ3) is 4.65. The van der Waals surface area contributed by atoms with Crippen LogP contribution < -0.4 is 21.0 Å². The van der Waals surface area contributed by atoms with E-state index >= 15 is 0 Å². The fraction of sp³-hybridized carbons (Fsp3) is 0.364. The van der Waals surface area contributed by atoms with Gasteiger partial charge in [-0.3, -0.25) is 14.6 Å². The van der Waals surface area contributed by atoms with Gasteiger partial charge in [0.2, 0.25) is 5.91 Å². The molecule has 1 saturated heterocycles. The lowest BCUT2D eigenvalue weighted by molar-refractivity contribution is -0.119. The molecule has 1 aromatic carbocycles. The zero-order valence-electron chi connectivity index (χ0n) is 17.1. The first-order valence-electron chi connectivity index (χ1n) is 10.4. The van der Waals surface area contributed by atoms with Gasteiger partial charge in [-0.2, -0.15) is 5.10 Å². The standard InChI is InChI=1S/C22H25FN6O2/c23-16-6-8-17(9-7-16)29-19(20(24)30)13-18(27-29)22(31)26-14-15-5-4-10-25-21(15)28-11-2-1-3-12-28/h4-10,19H,1-3,11-14H2,(H2,24,30)(H,26,31). The number of piperidine rings is 1. The summed E-state index contributed by atoms with van der Waals surface area (Å²) in [7, 11) is 0. The molecular formula is C22H25FN6O2. The predicted molar refractivity (Wildman–Crippen MR) is 116 cm³/mol. The lowest BCUT2D eigenvalue weighted by atomic mass is 10.1. The molecule has 0 spiro atoms. The van der Waals surface area contributed by atoms with Crippen molar-refractivity contribution in [3.05, 3.63) is 54.0 Å². The second-order valence-electron chi connectivity index (χ2n) is 7.71. The van der Waals surface area contributed by atoms with Gasteiger partial charge in [0.15, 0.2) is 0 Å². The van der Waals surface area contributed by atoms with Crippen LogP contribution >= 0.6 is 0 Å². The van der Waals surface area contributed by atoms with Crippen molar-refractivity contribution in [3.63, 3.8) is 0 Å². The van der Waals surface area contributed by atoms with Crippen LogP contribution in [0.3, 0.4) is 0 Å². The molecule has 9 heteroatoms. The highest BCUT2D eigenvalue weighted by molar-refractivity contribution is 6.40. The second kappa shape index (κ2) is 9.11. The fourth-order valence-corrected chi connectivity index (χ4v) is 3.94. The summed E-state index contributed by atoms with van der Waals surface area (Å²) in [5.41, 5.74) is 7.14. The van der Waals surface area contributed by atoms with Crippen LogP contribution in [-0.4, -0.2) is 41.6 Å². The van der Waals surface area contributed by atoms with Crippen LogP contribution in [0.1, 0.15) is 31.2 Å². The molecule has 8 nitrogen and oxygen atoms in total. The van der Waals surface area contributed by atoms with E-state index in [1.54, 1.807) is 6.20 Å². The average molecular weight is 424 g/mol. The highest BCUT2D eigenvalue weighted by Crippen LogP contribution is 2.25. The molecule has 0 bridgehead atoms. The maximum atomic E-state index is 13.2. The Hall–Kier alpha value is -3.49. The number of carbonyl (C=O) groups excluding carboxylic acids is 2. The lowest BCUT2D eigenvalue weighted by Gasteiger charge is -2.29. The Morgan fingerprint density at radius 2 is 1.87 bits per heavy atom. The van der Waals surface area contributed by atoms with Crippen LogP contribution in [0, 0.1) is 5.82 Å². The molecule has 1 unspecified atom stereocenters. The zero-order chi connectivity index (χ0) is 21.8. The average Bonchev–Trinajstić information content (AvgIpc) is 3.25. The first-order valence-corrected chi connectivity index (χ1v) is 10.4. The van der Waals surface area contributed by atoms with Crippen molar-refractivity contribution in [2.24, 2.45) is 10.8 Å². The van der Waals surface area contributed by atoms with E-state index in [4.69, 9.17) is 5.73 Å². The highest BCUT2D eigenvalue weighted by atomic mass is 19.1. The van der Waals surface area contributed by atoms with E-state index in [1.165, 1.54) is 35.7 Å². The van der Waals surface area contributed by atoms with Gasteiger partial charge in [-0.05, 0) is 49.6 Å². The number of nitrogens with zero attached hydrogens (tertiary/aromatic N) is 4. The number of rotatable bonds is 6. The number of anilines is 2. The van der Waals surface area contributed by atoms with E-state index in [9.17, 15) is 14.0 Å². The van der Waals surface area contributed by atoms with Gasteiger partial charge in [0.1, 0.15) is 23.4 Å². The Labute approximate surface area is 179 Å². The number of primary amides is 1. The molecule has 31 heavy (non-hydrogen) atoms. The van der Waals surface area contributed by atoms with E-state index in [0.29, 0.717) is 12.2 Å². The maximum absolute atomic E-state index is 13.2. The molecule has 2 amide bonds. The number of benzene rings is 1. The topological polar surface area (TPSA) is 104 Å². The molecule has 3 heterocycles. The summed E-state index contributed by atoms with van der Waals surface area (Å²) in [6, 6.07) is 8.53. The summed E-state index contributed by atoms with van der Waals surface area (Å²) in [5.74, 6) is -0.486. The number of hydrazone groups is 1. The van der Waals surface area contributed by atoms with Crippen molar-refractivity contribution in [2.75, 3.05) is 23.0 Å². The van der Waals surface area contributed by atoms with E-state index in [1.807, 2.05) is 12.1 Å². The SMILES string of the molecule is NC(=O)C1CC(C(=O)NCc2cccnc2N2CCCCC2)=NN1c1ccc(F)cc1. The molecule has 0 saturated carbocycles. The van der Waals surface area contributed by atoms with Crippen LogP contribution in [0.25, 0.3) is 0 Å². The number of hydrogen-bond acceptors (Lipinski definition) is 6. The first-order chi connectivity index (χ1) is 15.0. The van der Waals surface area contributed by atoms with E-state index in [2.05, 4.69) is 20.3 Å². The molecule has 1 atom stereocenters. The number of hydrogen-bond donors (Lipinski definition) is 2. The number of aromatic nitrogens is 1. The summed E-state index contributed by atoms with van der Waals surface area (Å²) in [6.07, 6.45) is 5.33. The lowest BCUT2D eigenvalue weighted by Crippen LogP contribution is -2.40. The smallest absolute Gasteiger partial charge is 0.267 e. The molecule has 0 aliphatic carbocycles. The zero-order valence-corrected chi connectivity index (χ0v) is 17.1. The van der Waals surface area contributed by atoms with Gasteiger partial charge in [-0.25, -0.2) is 9.37 Å². The van der Waals surface area contributed by atoms with Crippen LogP contribution in [0.15, 0.2) is 47.7 Å². The predicted octanol–water partition coefficient (Wildman–Crippen LogP) is 1.95. The summed E-state index contributed by atoms with van der Waals surface area (Å²) in [4.78, 5) is 31.5. The Balaban J connectivity index is 1.47. The van der Waals surface area contributed by atoms with E-state index in [0.717, 1.165) is 37.3 Å². The molecule has 162 valence electrons. The second-order valence-corrected chi connectivity index (χ2v) is 7.71. The normalized spacial score (nSPS) is 18.6. The van der Waals surface area contributed by atoms with Gasteiger partial charge in [-0.15, -0.1) is 0 Å². The van der Waals surface area contributed by atoms with Gasteiger partial charge < -0.3 is 16.0 Å². The van der Waals surface area contributed by atoms with Gasteiger partial charge >= 0.3 is 0 Å². The van der Waals surface area contributed by atoms with E-state index in [-0.39, 0.29) is 18.0 Å². The van der Waals surface area contributed by atoms with Crippen molar-refractivity contribution in [1.29, 1.82) is 0 Å². The Bertz CT molecular complexity index is 988. The minimum absolute atomic E-state index is 0.0879. The fourth-order valence-electron chi connectivity index (χ4n) is 3.94. The number of amides is 2. The molecule has 1 aromatic heterocycles. The number of nitrogens with two attached hydrogens (primary N) is 1. The number of nitrogens with one attached hydrogen (secondary N) is 1. The van der Waals surface area contributed by atoms with Crippen LogP contribution in [0.2, 0.25) is 0 Å². The number of halogens is 1. The van der Waals surface area contributed by atoms with Crippen molar-refractivity contribution in [2.45, 2.75) is 38.3 Å². The summed E-state index contributed by atoms with van der Waals surface area (Å²) >= 11 is 0. The molecule has 3 N–H and O–H groups in total. The van der Waals surface area contributed by atoms with Gasteiger partial charge in [0.25, 0.3) is 5.91 Å². The number of pyridine rings is 1. The van der Waals surface area contributed by atoms with Crippen LogP contribution in [-0.2, 0) is 16.1 Å². The molecule has 2 aliphatic heterocycles. The molecule has 4 rings (SSSR count). The third-order valence-electron chi connectivity index (χ3n) is 5.55. The molecular weight excluding hydrogens is 399 g/mol. The quantitative estimate of drug-likeness (QED) is 0.738. The largest absolute Gasteiger partial charge is 0.368 e. The molecule has 2 aromatic rings.